The average Bonchev–Trinajstić information content (AvgIpc) is 3.01. The van der Waals surface area contributed by atoms with E-state index in [1.807, 2.05) is 11.8 Å². The van der Waals surface area contributed by atoms with Gasteiger partial charge in [0.25, 0.3) is 0 Å². The Morgan fingerprint density at radius 2 is 2.41 bits per heavy atom. The molecule has 0 spiro atoms. The van der Waals surface area contributed by atoms with Crippen molar-refractivity contribution >= 4 is 11.8 Å². The lowest BCUT2D eigenvalue weighted by atomic mass is 10.1. The molecule has 3 nitrogen and oxygen atoms in total. The van der Waals surface area contributed by atoms with Crippen LogP contribution in [0.5, 0.6) is 0 Å². The first-order chi connectivity index (χ1) is 8.26. The fourth-order valence-corrected chi connectivity index (χ4v) is 3.62. The molecule has 0 amide bonds. The Hall–Kier alpha value is -0.450. The summed E-state index contributed by atoms with van der Waals surface area (Å²) in [6.07, 6.45) is 2.21. The molecule has 1 aromatic rings. The fraction of sp³-hybridized carbons (Fsp3) is 0.692. The SMILES string of the molecule is CCc1ccc(C(CN)N(C)C2CCSC2)o1. The minimum Gasteiger partial charge on any atom is -0.464 e. The van der Waals surface area contributed by atoms with Crippen molar-refractivity contribution in [2.75, 3.05) is 25.1 Å². The number of nitrogens with zero attached hydrogens (tertiary/aromatic N) is 1. The highest BCUT2D eigenvalue weighted by Gasteiger charge is 2.27. The van der Waals surface area contributed by atoms with Gasteiger partial charge in [0.15, 0.2) is 0 Å². The highest BCUT2D eigenvalue weighted by atomic mass is 32.2. The molecule has 1 saturated heterocycles. The molecular formula is C13H22N2OS. The molecule has 2 heterocycles. The number of hydrogen-bond donors (Lipinski definition) is 1. The second-order valence-corrected chi connectivity index (χ2v) is 5.74. The zero-order valence-corrected chi connectivity index (χ0v) is 11.5. The lowest BCUT2D eigenvalue weighted by molar-refractivity contribution is 0.170. The zero-order valence-electron chi connectivity index (χ0n) is 10.7. The molecule has 4 heteroatoms. The molecule has 0 radical (unpaired) electrons. The quantitative estimate of drug-likeness (QED) is 0.875. The van der Waals surface area contributed by atoms with E-state index < -0.39 is 0 Å². The van der Waals surface area contributed by atoms with E-state index in [9.17, 15) is 0 Å². The lowest BCUT2D eigenvalue weighted by Crippen LogP contribution is -2.38. The standard InChI is InChI=1S/C13H22N2OS/c1-3-11-4-5-13(16-11)12(8-14)15(2)10-6-7-17-9-10/h4-5,10,12H,3,6-9,14H2,1-2H3. The summed E-state index contributed by atoms with van der Waals surface area (Å²) in [6, 6.07) is 5.01. The number of furan rings is 1. The Labute approximate surface area is 108 Å². The van der Waals surface area contributed by atoms with Crippen molar-refractivity contribution in [3.63, 3.8) is 0 Å². The summed E-state index contributed by atoms with van der Waals surface area (Å²) >= 11 is 2.03. The van der Waals surface area contributed by atoms with E-state index in [4.69, 9.17) is 10.2 Å². The van der Waals surface area contributed by atoms with E-state index >= 15 is 0 Å². The molecule has 2 atom stereocenters. The normalized spacial score (nSPS) is 22.2. The van der Waals surface area contributed by atoms with E-state index in [1.165, 1.54) is 17.9 Å². The summed E-state index contributed by atoms with van der Waals surface area (Å²) in [4.78, 5) is 2.39. The van der Waals surface area contributed by atoms with Crippen LogP contribution in [0.2, 0.25) is 0 Å². The van der Waals surface area contributed by atoms with Gasteiger partial charge in [-0.25, -0.2) is 0 Å². The van der Waals surface area contributed by atoms with Gasteiger partial charge in [0.1, 0.15) is 11.5 Å². The number of nitrogens with two attached hydrogens (primary N) is 1. The first-order valence-corrected chi connectivity index (χ1v) is 7.50. The predicted octanol–water partition coefficient (Wildman–Crippen LogP) is 2.28. The Bertz CT molecular complexity index is 347. The van der Waals surface area contributed by atoms with Crippen molar-refractivity contribution in [1.29, 1.82) is 0 Å². The van der Waals surface area contributed by atoms with E-state index in [1.54, 1.807) is 0 Å². The third kappa shape index (κ3) is 2.87. The van der Waals surface area contributed by atoms with E-state index in [0.29, 0.717) is 12.6 Å². The molecule has 2 rings (SSSR count). The molecule has 0 bridgehead atoms. The van der Waals surface area contributed by atoms with Gasteiger partial charge in [-0.3, -0.25) is 4.90 Å². The Morgan fingerprint density at radius 1 is 1.59 bits per heavy atom. The topological polar surface area (TPSA) is 42.4 Å². The molecular weight excluding hydrogens is 232 g/mol. The maximum Gasteiger partial charge on any atom is 0.122 e. The summed E-state index contributed by atoms with van der Waals surface area (Å²) in [7, 11) is 2.17. The highest BCUT2D eigenvalue weighted by molar-refractivity contribution is 7.99. The van der Waals surface area contributed by atoms with Gasteiger partial charge >= 0.3 is 0 Å². The molecule has 0 aromatic carbocycles. The van der Waals surface area contributed by atoms with Crippen LogP contribution in [0.15, 0.2) is 16.5 Å². The summed E-state index contributed by atoms with van der Waals surface area (Å²) in [5, 5.41) is 0. The maximum absolute atomic E-state index is 5.92. The smallest absolute Gasteiger partial charge is 0.122 e. The van der Waals surface area contributed by atoms with Crippen LogP contribution in [0.4, 0.5) is 0 Å². The third-order valence-electron chi connectivity index (χ3n) is 3.56. The monoisotopic (exact) mass is 254 g/mol. The summed E-state index contributed by atoms with van der Waals surface area (Å²) in [6.45, 7) is 2.73. The van der Waals surface area contributed by atoms with E-state index in [-0.39, 0.29) is 6.04 Å². The van der Waals surface area contributed by atoms with Crippen LogP contribution in [-0.4, -0.2) is 36.0 Å². The Morgan fingerprint density at radius 3 is 2.94 bits per heavy atom. The van der Waals surface area contributed by atoms with Crippen LogP contribution >= 0.6 is 11.8 Å². The summed E-state index contributed by atoms with van der Waals surface area (Å²) in [5.41, 5.74) is 5.92. The average molecular weight is 254 g/mol. The van der Waals surface area contributed by atoms with Gasteiger partial charge in [0.05, 0.1) is 6.04 Å². The van der Waals surface area contributed by atoms with Crippen LogP contribution in [0.25, 0.3) is 0 Å². The second kappa shape index (κ2) is 5.94. The minimum absolute atomic E-state index is 0.221. The van der Waals surface area contributed by atoms with Gasteiger partial charge in [-0.2, -0.15) is 11.8 Å². The van der Waals surface area contributed by atoms with Gasteiger partial charge in [-0.1, -0.05) is 6.92 Å². The minimum atomic E-state index is 0.221. The summed E-state index contributed by atoms with van der Waals surface area (Å²) < 4.78 is 5.84. The number of likely N-dealkylation sites (N-methyl/N-ethyl adjacent to an activating group) is 1. The predicted molar refractivity (Wildman–Crippen MR) is 73.4 cm³/mol. The van der Waals surface area contributed by atoms with Crippen molar-refractivity contribution < 1.29 is 4.42 Å². The van der Waals surface area contributed by atoms with Crippen molar-refractivity contribution in [2.45, 2.75) is 31.8 Å². The van der Waals surface area contributed by atoms with E-state index in [0.717, 1.165) is 17.9 Å². The van der Waals surface area contributed by atoms with Crippen molar-refractivity contribution in [2.24, 2.45) is 5.73 Å². The van der Waals surface area contributed by atoms with Gasteiger partial charge in [-0.15, -0.1) is 0 Å². The number of hydrogen-bond acceptors (Lipinski definition) is 4. The molecule has 1 aliphatic heterocycles. The third-order valence-corrected chi connectivity index (χ3v) is 4.70. The largest absolute Gasteiger partial charge is 0.464 e. The molecule has 96 valence electrons. The van der Waals surface area contributed by atoms with Crippen LogP contribution < -0.4 is 5.73 Å². The lowest BCUT2D eigenvalue weighted by Gasteiger charge is -2.30. The molecule has 2 unspecified atom stereocenters. The molecule has 0 saturated carbocycles. The van der Waals surface area contributed by atoms with Gasteiger partial charge in [-0.05, 0) is 31.4 Å². The van der Waals surface area contributed by atoms with Crippen LogP contribution in [-0.2, 0) is 6.42 Å². The molecule has 17 heavy (non-hydrogen) atoms. The first-order valence-electron chi connectivity index (χ1n) is 6.34. The summed E-state index contributed by atoms with van der Waals surface area (Å²) in [5.74, 6) is 4.55. The number of aryl methyl sites for hydroxylation is 1. The molecule has 1 aliphatic rings. The molecule has 1 fully saturated rings. The second-order valence-electron chi connectivity index (χ2n) is 4.59. The Balaban J connectivity index is 2.08. The maximum atomic E-state index is 5.92. The number of thioether (sulfide) groups is 1. The van der Waals surface area contributed by atoms with Gasteiger partial charge in [0, 0.05) is 24.8 Å². The highest BCUT2D eigenvalue weighted by Crippen LogP contribution is 2.29. The molecule has 1 aromatic heterocycles. The zero-order chi connectivity index (χ0) is 12.3. The Kier molecular flexibility index (Phi) is 4.54. The molecule has 0 aliphatic carbocycles. The van der Waals surface area contributed by atoms with Crippen LogP contribution in [0.1, 0.15) is 30.9 Å². The van der Waals surface area contributed by atoms with Gasteiger partial charge in [0.2, 0.25) is 0 Å². The number of rotatable bonds is 5. The van der Waals surface area contributed by atoms with Crippen LogP contribution in [0.3, 0.4) is 0 Å². The van der Waals surface area contributed by atoms with Crippen LogP contribution in [0, 0.1) is 0 Å². The molecule has 2 N–H and O–H groups in total. The first kappa shape index (κ1) is 13.0. The van der Waals surface area contributed by atoms with Crippen molar-refractivity contribution in [1.82, 2.24) is 4.90 Å². The fourth-order valence-electron chi connectivity index (χ4n) is 2.34. The van der Waals surface area contributed by atoms with E-state index in [2.05, 4.69) is 31.0 Å². The van der Waals surface area contributed by atoms with Crippen molar-refractivity contribution in [3.05, 3.63) is 23.7 Å². The van der Waals surface area contributed by atoms with Crippen molar-refractivity contribution in [3.8, 4) is 0 Å². The van der Waals surface area contributed by atoms with Gasteiger partial charge < -0.3 is 10.2 Å².